The molecule has 2 rings (SSSR count). The van der Waals surface area contributed by atoms with Crippen LogP contribution in [0, 0.1) is 5.92 Å². The lowest BCUT2D eigenvalue weighted by Gasteiger charge is -2.35. The van der Waals surface area contributed by atoms with E-state index >= 15 is 0 Å². The normalized spacial score (nSPS) is 30.9. The minimum absolute atomic E-state index is 0.00602. The Bertz CT molecular complexity index is 374. The van der Waals surface area contributed by atoms with Crippen molar-refractivity contribution in [3.63, 3.8) is 0 Å². The predicted octanol–water partition coefficient (Wildman–Crippen LogP) is 1.30. The molecule has 0 unspecified atom stereocenters. The summed E-state index contributed by atoms with van der Waals surface area (Å²) >= 11 is 0. The second-order valence-electron chi connectivity index (χ2n) is 6.57. The number of amides is 1. The van der Waals surface area contributed by atoms with Gasteiger partial charge in [0, 0.05) is 6.04 Å². The van der Waals surface area contributed by atoms with Gasteiger partial charge in [-0.15, -0.1) is 0 Å². The monoisotopic (exact) mass is 268 g/mol. The van der Waals surface area contributed by atoms with Crippen LogP contribution in [0.5, 0.6) is 0 Å². The Kier molecular flexibility index (Phi) is 3.74. The van der Waals surface area contributed by atoms with Gasteiger partial charge in [-0.05, 0) is 46.0 Å². The van der Waals surface area contributed by atoms with E-state index < -0.39 is 23.7 Å². The molecule has 1 heterocycles. The first-order chi connectivity index (χ1) is 8.79. The molecule has 2 fully saturated rings. The fraction of sp³-hybridized carbons (Fsp3) is 0.857. The average molecular weight is 268 g/mol. The van der Waals surface area contributed by atoms with Crippen LogP contribution in [-0.2, 0) is 9.53 Å². The van der Waals surface area contributed by atoms with E-state index in [0.29, 0.717) is 6.42 Å². The molecule has 5 heteroatoms. The molecule has 0 aromatic rings. The van der Waals surface area contributed by atoms with Crippen LogP contribution in [0.2, 0.25) is 0 Å². The van der Waals surface area contributed by atoms with Crippen molar-refractivity contribution in [2.45, 2.75) is 70.6 Å². The number of ether oxygens (including phenoxy) is 1. The van der Waals surface area contributed by atoms with Crippen molar-refractivity contribution in [2.24, 2.45) is 5.92 Å². The number of carboxylic acid groups (broad SMARTS) is 1. The number of aliphatic carboxylic acids is 1. The van der Waals surface area contributed by atoms with Crippen molar-refractivity contribution < 1.29 is 19.4 Å². The second-order valence-corrected chi connectivity index (χ2v) is 6.57. The van der Waals surface area contributed by atoms with E-state index in [4.69, 9.17) is 4.74 Å². The molecule has 1 amide bonds. The zero-order valence-corrected chi connectivity index (χ0v) is 11.8. The van der Waals surface area contributed by atoms with Gasteiger partial charge >= 0.3 is 6.09 Å². The summed E-state index contributed by atoms with van der Waals surface area (Å²) in [4.78, 5) is 24.9. The summed E-state index contributed by atoms with van der Waals surface area (Å²) in [5, 5.41) is 11.3. The minimum atomic E-state index is -1.17. The van der Waals surface area contributed by atoms with Crippen LogP contribution in [0.4, 0.5) is 4.79 Å². The van der Waals surface area contributed by atoms with E-state index in [-0.39, 0.29) is 12.0 Å². The summed E-state index contributed by atoms with van der Waals surface area (Å²) in [7, 11) is 0. The lowest BCUT2D eigenvalue weighted by atomic mass is 9.85. The lowest BCUT2D eigenvalue weighted by Crippen LogP contribution is -2.51. The molecule has 0 aromatic heterocycles. The molecule has 0 spiro atoms. The van der Waals surface area contributed by atoms with Crippen LogP contribution < -0.4 is 5.11 Å². The van der Waals surface area contributed by atoms with E-state index in [9.17, 15) is 14.7 Å². The Morgan fingerprint density at radius 2 is 1.84 bits per heavy atom. The van der Waals surface area contributed by atoms with Gasteiger partial charge in [0.25, 0.3) is 0 Å². The number of hydrogen-bond acceptors (Lipinski definition) is 4. The van der Waals surface area contributed by atoms with E-state index in [1.807, 2.05) is 0 Å². The number of likely N-dealkylation sites (tertiary alicyclic amines) is 1. The maximum Gasteiger partial charge on any atom is 0.411 e. The number of carbonyl (C=O) groups excluding carboxylic acids is 2. The van der Waals surface area contributed by atoms with Crippen molar-refractivity contribution in [2.75, 3.05) is 0 Å². The van der Waals surface area contributed by atoms with Crippen LogP contribution in [-0.4, -0.2) is 34.6 Å². The largest absolute Gasteiger partial charge is 0.548 e. The number of fused-ring (bicyclic) bond motifs is 1. The number of carbonyl (C=O) groups is 2. The first-order valence-electron chi connectivity index (χ1n) is 7.02. The summed E-state index contributed by atoms with van der Waals surface area (Å²) in [5.41, 5.74) is -0.611. The third-order valence-corrected chi connectivity index (χ3v) is 3.96. The molecule has 0 radical (unpaired) electrons. The Morgan fingerprint density at radius 1 is 1.21 bits per heavy atom. The van der Waals surface area contributed by atoms with E-state index in [2.05, 4.69) is 0 Å². The number of rotatable bonds is 1. The predicted molar refractivity (Wildman–Crippen MR) is 67.2 cm³/mol. The highest BCUT2D eigenvalue weighted by molar-refractivity contribution is 5.80. The van der Waals surface area contributed by atoms with Gasteiger partial charge in [-0.2, -0.15) is 0 Å². The van der Waals surface area contributed by atoms with Crippen molar-refractivity contribution in [3.8, 4) is 0 Å². The molecule has 2 aliphatic rings. The number of hydrogen-bond donors (Lipinski definition) is 0. The highest BCUT2D eigenvalue weighted by Gasteiger charge is 2.46. The summed E-state index contributed by atoms with van der Waals surface area (Å²) in [6.45, 7) is 5.36. The molecule has 0 aromatic carbocycles. The highest BCUT2D eigenvalue weighted by Crippen LogP contribution is 2.40. The maximum atomic E-state index is 12.2. The van der Waals surface area contributed by atoms with Gasteiger partial charge in [0.15, 0.2) is 0 Å². The fourth-order valence-electron chi connectivity index (χ4n) is 3.25. The van der Waals surface area contributed by atoms with Crippen LogP contribution in [0.3, 0.4) is 0 Å². The third-order valence-electron chi connectivity index (χ3n) is 3.96. The van der Waals surface area contributed by atoms with Crippen molar-refractivity contribution in [1.29, 1.82) is 0 Å². The van der Waals surface area contributed by atoms with Crippen LogP contribution in [0.1, 0.15) is 52.9 Å². The van der Waals surface area contributed by atoms with Crippen molar-refractivity contribution >= 4 is 12.1 Å². The number of nitrogens with zero attached hydrogens (tertiary/aromatic N) is 1. The molecule has 1 aliphatic carbocycles. The molecule has 1 saturated carbocycles. The average Bonchev–Trinajstić information content (AvgIpc) is 2.65. The van der Waals surface area contributed by atoms with Gasteiger partial charge in [-0.25, -0.2) is 4.79 Å². The summed E-state index contributed by atoms with van der Waals surface area (Å²) in [5.74, 6) is -0.885. The molecule has 1 saturated heterocycles. The lowest BCUT2D eigenvalue weighted by molar-refractivity contribution is -0.310. The van der Waals surface area contributed by atoms with Crippen molar-refractivity contribution in [1.82, 2.24) is 4.90 Å². The smallest absolute Gasteiger partial charge is 0.411 e. The van der Waals surface area contributed by atoms with Crippen LogP contribution in [0.25, 0.3) is 0 Å². The molecule has 3 atom stereocenters. The zero-order chi connectivity index (χ0) is 14.2. The van der Waals surface area contributed by atoms with E-state index in [0.717, 1.165) is 25.7 Å². The summed E-state index contributed by atoms with van der Waals surface area (Å²) < 4.78 is 5.35. The number of carboxylic acids is 1. The first kappa shape index (κ1) is 14.2. The van der Waals surface area contributed by atoms with Gasteiger partial charge in [0.2, 0.25) is 0 Å². The molecule has 5 nitrogen and oxygen atoms in total. The highest BCUT2D eigenvalue weighted by atomic mass is 16.6. The molecule has 1 aliphatic heterocycles. The Morgan fingerprint density at radius 3 is 2.42 bits per heavy atom. The van der Waals surface area contributed by atoms with Gasteiger partial charge in [0.05, 0.1) is 12.0 Å². The molecule has 108 valence electrons. The van der Waals surface area contributed by atoms with Crippen molar-refractivity contribution in [3.05, 3.63) is 0 Å². The molecule has 19 heavy (non-hydrogen) atoms. The standard InChI is InChI=1S/C14H23NO4/c1-14(2,3)19-13(18)15-10-7-5-4-6-9(10)8-11(15)12(16)17/h9-11H,4-8H2,1-3H3,(H,16,17)/p-1/t9-,10+,11-/m1/s1. The maximum absolute atomic E-state index is 12.2. The summed E-state index contributed by atoms with van der Waals surface area (Å²) in [6, 6.07) is -0.825. The third kappa shape index (κ3) is 3.01. The van der Waals surface area contributed by atoms with E-state index in [1.54, 1.807) is 20.8 Å². The molecule has 0 N–H and O–H groups in total. The SMILES string of the molecule is CC(C)(C)OC(=O)N1[C@@H](C(=O)[O-])C[C@H]2CCCC[C@@H]21. The van der Waals surface area contributed by atoms with Gasteiger partial charge < -0.3 is 14.6 Å². The van der Waals surface area contributed by atoms with Crippen LogP contribution in [0.15, 0.2) is 0 Å². The Hall–Kier alpha value is -1.26. The summed E-state index contributed by atoms with van der Waals surface area (Å²) in [6.07, 6.45) is 4.01. The zero-order valence-electron chi connectivity index (χ0n) is 11.8. The second kappa shape index (κ2) is 5.02. The Balaban J connectivity index is 2.17. The molecular formula is C14H22NO4-. The van der Waals surface area contributed by atoms with Crippen LogP contribution >= 0.6 is 0 Å². The molecule has 0 bridgehead atoms. The molecular weight excluding hydrogens is 246 g/mol. The van der Waals surface area contributed by atoms with Gasteiger partial charge in [-0.1, -0.05) is 12.8 Å². The van der Waals surface area contributed by atoms with E-state index in [1.165, 1.54) is 4.90 Å². The minimum Gasteiger partial charge on any atom is -0.548 e. The van der Waals surface area contributed by atoms with Gasteiger partial charge in [0.1, 0.15) is 5.60 Å². The first-order valence-corrected chi connectivity index (χ1v) is 7.02. The quantitative estimate of drug-likeness (QED) is 0.719. The fourth-order valence-corrected chi connectivity index (χ4v) is 3.25. The Labute approximate surface area is 113 Å². The van der Waals surface area contributed by atoms with Gasteiger partial charge in [-0.3, -0.25) is 4.90 Å². The topological polar surface area (TPSA) is 69.7 Å².